The minimum absolute atomic E-state index is 0. The quantitative estimate of drug-likeness (QED) is 0.316. The zero-order chi connectivity index (χ0) is 19.8. The fourth-order valence-corrected chi connectivity index (χ4v) is 3.24. The standard InChI is InChI=1S/C19H28N4O3S.HI/c1-6-20-19(23(3)11-14-12-27-13(2)22-14)21-10-17(24)16-9-15(25-4)7-8-18(16)26-5;/h7-9,12,17,24H,6,10-11H2,1-5H3,(H,20,21);1H. The number of benzene rings is 1. The summed E-state index contributed by atoms with van der Waals surface area (Å²) in [4.78, 5) is 11.1. The molecule has 1 aromatic carbocycles. The molecule has 0 saturated heterocycles. The number of thiazole rings is 1. The Hall–Kier alpha value is -1.59. The van der Waals surface area contributed by atoms with E-state index < -0.39 is 6.10 Å². The topological polar surface area (TPSA) is 79.2 Å². The van der Waals surface area contributed by atoms with Gasteiger partial charge in [0.05, 0.1) is 38.0 Å². The van der Waals surface area contributed by atoms with E-state index >= 15 is 0 Å². The molecule has 0 spiro atoms. The second-order valence-corrected chi connectivity index (χ2v) is 7.09. The summed E-state index contributed by atoms with van der Waals surface area (Å²) < 4.78 is 10.6. The fraction of sp³-hybridized carbons (Fsp3) is 0.474. The third kappa shape index (κ3) is 6.78. The molecule has 1 unspecified atom stereocenters. The number of ether oxygens (including phenoxy) is 2. The van der Waals surface area contributed by atoms with Gasteiger partial charge in [-0.1, -0.05) is 0 Å². The molecular weight excluding hydrogens is 491 g/mol. The van der Waals surface area contributed by atoms with Crippen molar-refractivity contribution in [3.8, 4) is 11.5 Å². The summed E-state index contributed by atoms with van der Waals surface area (Å²) in [6.45, 7) is 5.59. The van der Waals surface area contributed by atoms with Gasteiger partial charge in [0.2, 0.25) is 0 Å². The Balaban J connectivity index is 0.00000392. The maximum absolute atomic E-state index is 10.6. The number of hydrogen-bond donors (Lipinski definition) is 2. The second kappa shape index (κ2) is 12.1. The van der Waals surface area contributed by atoms with Gasteiger partial charge < -0.3 is 24.8 Å². The molecule has 1 atom stereocenters. The lowest BCUT2D eigenvalue weighted by Gasteiger charge is -2.22. The third-order valence-corrected chi connectivity index (χ3v) is 4.79. The number of aliphatic hydroxyl groups is 1. The summed E-state index contributed by atoms with van der Waals surface area (Å²) in [6.07, 6.45) is -0.807. The van der Waals surface area contributed by atoms with E-state index in [4.69, 9.17) is 9.47 Å². The van der Waals surface area contributed by atoms with E-state index in [9.17, 15) is 5.11 Å². The zero-order valence-electron chi connectivity index (χ0n) is 16.9. The molecule has 0 saturated carbocycles. The average Bonchev–Trinajstić information content (AvgIpc) is 3.08. The number of rotatable bonds is 8. The number of hydrogen-bond acceptors (Lipinski definition) is 6. The van der Waals surface area contributed by atoms with Gasteiger partial charge in [0, 0.05) is 24.5 Å². The highest BCUT2D eigenvalue weighted by Gasteiger charge is 2.16. The molecule has 0 aliphatic rings. The molecule has 0 radical (unpaired) electrons. The van der Waals surface area contributed by atoms with Gasteiger partial charge in [0.15, 0.2) is 5.96 Å². The minimum Gasteiger partial charge on any atom is -0.497 e. The normalized spacial score (nSPS) is 12.1. The largest absolute Gasteiger partial charge is 0.497 e. The first-order valence-corrected chi connectivity index (χ1v) is 9.66. The first-order chi connectivity index (χ1) is 13.0. The van der Waals surface area contributed by atoms with Crippen LogP contribution in [0, 0.1) is 6.92 Å². The van der Waals surface area contributed by atoms with Crippen LogP contribution in [0.25, 0.3) is 0 Å². The molecule has 1 heterocycles. The van der Waals surface area contributed by atoms with E-state index in [2.05, 4.69) is 15.3 Å². The first-order valence-electron chi connectivity index (χ1n) is 8.78. The Kier molecular flexibility index (Phi) is 10.5. The Morgan fingerprint density at radius 1 is 1.36 bits per heavy atom. The van der Waals surface area contributed by atoms with Crippen LogP contribution in [0.5, 0.6) is 11.5 Å². The van der Waals surface area contributed by atoms with Crippen molar-refractivity contribution in [2.24, 2.45) is 4.99 Å². The molecule has 2 aromatic rings. The van der Waals surface area contributed by atoms with Gasteiger partial charge in [-0.3, -0.25) is 4.99 Å². The van der Waals surface area contributed by atoms with E-state index in [1.165, 1.54) is 0 Å². The summed E-state index contributed by atoms with van der Waals surface area (Å²) in [6, 6.07) is 5.35. The number of nitrogens with one attached hydrogen (secondary N) is 1. The van der Waals surface area contributed by atoms with Gasteiger partial charge in [0.25, 0.3) is 0 Å². The molecule has 156 valence electrons. The van der Waals surface area contributed by atoms with Crippen LogP contribution in [-0.2, 0) is 6.54 Å². The van der Waals surface area contributed by atoms with Crippen molar-refractivity contribution < 1.29 is 14.6 Å². The fourth-order valence-electron chi connectivity index (χ4n) is 2.64. The van der Waals surface area contributed by atoms with Crippen LogP contribution in [0.2, 0.25) is 0 Å². The Bertz CT molecular complexity index is 769. The smallest absolute Gasteiger partial charge is 0.194 e. The van der Waals surface area contributed by atoms with Gasteiger partial charge in [0.1, 0.15) is 17.6 Å². The predicted octanol–water partition coefficient (Wildman–Crippen LogP) is 3.22. The van der Waals surface area contributed by atoms with Crippen molar-refractivity contribution >= 4 is 41.3 Å². The molecule has 7 nitrogen and oxygen atoms in total. The Morgan fingerprint density at radius 3 is 2.68 bits per heavy atom. The number of aryl methyl sites for hydroxylation is 1. The van der Waals surface area contributed by atoms with Crippen molar-refractivity contribution in [3.05, 3.63) is 39.8 Å². The van der Waals surface area contributed by atoms with Crippen LogP contribution < -0.4 is 14.8 Å². The molecular formula is C19H29IN4O3S. The van der Waals surface area contributed by atoms with Crippen molar-refractivity contribution in [2.45, 2.75) is 26.5 Å². The lowest BCUT2D eigenvalue weighted by molar-refractivity contribution is 0.181. The van der Waals surface area contributed by atoms with Crippen LogP contribution >= 0.6 is 35.3 Å². The van der Waals surface area contributed by atoms with E-state index in [0.717, 1.165) is 17.2 Å². The Morgan fingerprint density at radius 2 is 2.11 bits per heavy atom. The lowest BCUT2D eigenvalue weighted by atomic mass is 10.1. The average molecular weight is 520 g/mol. The van der Waals surface area contributed by atoms with Crippen LogP contribution in [0.4, 0.5) is 0 Å². The maximum Gasteiger partial charge on any atom is 0.194 e. The van der Waals surface area contributed by atoms with Crippen molar-refractivity contribution in [1.29, 1.82) is 0 Å². The molecule has 0 amide bonds. The maximum atomic E-state index is 10.6. The van der Waals surface area contributed by atoms with Crippen molar-refractivity contribution in [3.63, 3.8) is 0 Å². The van der Waals surface area contributed by atoms with E-state index in [1.807, 2.05) is 31.2 Å². The van der Waals surface area contributed by atoms with Crippen LogP contribution in [0.3, 0.4) is 0 Å². The van der Waals surface area contributed by atoms with E-state index in [0.29, 0.717) is 29.6 Å². The number of halogens is 1. The van der Waals surface area contributed by atoms with Crippen molar-refractivity contribution in [2.75, 3.05) is 34.4 Å². The number of guanidine groups is 1. The molecule has 0 fully saturated rings. The van der Waals surface area contributed by atoms with Gasteiger partial charge in [-0.25, -0.2) is 4.98 Å². The van der Waals surface area contributed by atoms with Gasteiger partial charge in [-0.15, -0.1) is 35.3 Å². The number of methoxy groups -OCH3 is 2. The molecule has 2 rings (SSSR count). The Labute approximate surface area is 187 Å². The summed E-state index contributed by atoms with van der Waals surface area (Å²) >= 11 is 1.63. The van der Waals surface area contributed by atoms with E-state index in [1.54, 1.807) is 43.8 Å². The summed E-state index contributed by atoms with van der Waals surface area (Å²) in [5.74, 6) is 1.98. The summed E-state index contributed by atoms with van der Waals surface area (Å²) in [5.41, 5.74) is 1.65. The molecule has 0 bridgehead atoms. The number of aromatic nitrogens is 1. The number of nitrogens with zero attached hydrogens (tertiary/aromatic N) is 3. The SMILES string of the molecule is CCNC(=NCC(O)c1cc(OC)ccc1OC)N(C)Cc1csc(C)n1.I. The van der Waals surface area contributed by atoms with Crippen LogP contribution in [-0.4, -0.2) is 55.3 Å². The minimum atomic E-state index is -0.807. The number of aliphatic imine (C=N–C) groups is 1. The molecule has 0 aliphatic carbocycles. The first kappa shape index (κ1) is 24.4. The highest BCUT2D eigenvalue weighted by Crippen LogP contribution is 2.29. The molecule has 2 N–H and O–H groups in total. The zero-order valence-corrected chi connectivity index (χ0v) is 20.1. The third-order valence-electron chi connectivity index (χ3n) is 3.97. The molecule has 9 heteroatoms. The monoisotopic (exact) mass is 520 g/mol. The highest BCUT2D eigenvalue weighted by atomic mass is 127. The lowest BCUT2D eigenvalue weighted by Crippen LogP contribution is -2.38. The van der Waals surface area contributed by atoms with Crippen LogP contribution in [0.1, 0.15) is 29.3 Å². The predicted molar refractivity (Wildman–Crippen MR) is 124 cm³/mol. The second-order valence-electron chi connectivity index (χ2n) is 6.03. The van der Waals surface area contributed by atoms with Crippen LogP contribution in [0.15, 0.2) is 28.6 Å². The molecule has 0 aliphatic heterocycles. The van der Waals surface area contributed by atoms with Gasteiger partial charge >= 0.3 is 0 Å². The number of aliphatic hydroxyl groups excluding tert-OH is 1. The van der Waals surface area contributed by atoms with Crippen molar-refractivity contribution in [1.82, 2.24) is 15.2 Å². The molecule has 1 aromatic heterocycles. The van der Waals surface area contributed by atoms with E-state index in [-0.39, 0.29) is 30.5 Å². The summed E-state index contributed by atoms with van der Waals surface area (Å²) in [7, 11) is 5.12. The summed E-state index contributed by atoms with van der Waals surface area (Å²) in [5, 5.41) is 17.0. The highest BCUT2D eigenvalue weighted by molar-refractivity contribution is 14.0. The van der Waals surface area contributed by atoms with Gasteiger partial charge in [-0.05, 0) is 32.0 Å². The van der Waals surface area contributed by atoms with Gasteiger partial charge in [-0.2, -0.15) is 0 Å². The molecule has 28 heavy (non-hydrogen) atoms.